The SMILES string of the molecule is O=C(Nc1cc(F)ccc1F)C1=C(O)CCn2c1nc1ccccc12. The van der Waals surface area contributed by atoms with Gasteiger partial charge in [0.1, 0.15) is 28.8 Å². The van der Waals surface area contributed by atoms with Crippen LogP contribution in [0.4, 0.5) is 14.5 Å². The maximum absolute atomic E-state index is 13.8. The highest BCUT2D eigenvalue weighted by molar-refractivity contribution is 6.25. The van der Waals surface area contributed by atoms with Gasteiger partial charge in [-0.05, 0) is 24.3 Å². The average Bonchev–Trinajstić information content (AvgIpc) is 2.96. The van der Waals surface area contributed by atoms with E-state index in [1.807, 2.05) is 22.8 Å². The minimum atomic E-state index is -0.765. The number of hydrogen-bond donors (Lipinski definition) is 2. The summed E-state index contributed by atoms with van der Waals surface area (Å²) in [5.41, 5.74) is 1.20. The Morgan fingerprint density at radius 2 is 2.00 bits per heavy atom. The smallest absolute Gasteiger partial charge is 0.262 e. The first-order chi connectivity index (χ1) is 12.0. The molecule has 0 radical (unpaired) electrons. The molecule has 1 aromatic heterocycles. The molecule has 0 atom stereocenters. The predicted octanol–water partition coefficient (Wildman–Crippen LogP) is 3.63. The van der Waals surface area contributed by atoms with Crippen LogP contribution in [-0.2, 0) is 11.3 Å². The predicted molar refractivity (Wildman–Crippen MR) is 88.9 cm³/mol. The molecule has 2 aromatic carbocycles. The molecule has 3 aromatic rings. The van der Waals surface area contributed by atoms with Gasteiger partial charge in [-0.3, -0.25) is 4.79 Å². The lowest BCUT2D eigenvalue weighted by atomic mass is 10.1. The van der Waals surface area contributed by atoms with Gasteiger partial charge in [0, 0.05) is 19.0 Å². The second kappa shape index (κ2) is 5.70. The zero-order chi connectivity index (χ0) is 17.6. The van der Waals surface area contributed by atoms with Crippen molar-refractivity contribution in [2.24, 2.45) is 0 Å². The third-order valence-corrected chi connectivity index (χ3v) is 4.14. The molecule has 0 saturated carbocycles. The van der Waals surface area contributed by atoms with E-state index in [4.69, 9.17) is 0 Å². The Bertz CT molecular complexity index is 1040. The zero-order valence-electron chi connectivity index (χ0n) is 13.0. The third-order valence-electron chi connectivity index (χ3n) is 4.14. The molecule has 126 valence electrons. The minimum absolute atomic E-state index is 0.0360. The molecular weight excluding hydrogens is 328 g/mol. The molecular formula is C18H13F2N3O2. The molecule has 2 heterocycles. The van der Waals surface area contributed by atoms with Crippen LogP contribution in [0.15, 0.2) is 48.2 Å². The van der Waals surface area contributed by atoms with Crippen molar-refractivity contribution in [1.29, 1.82) is 0 Å². The van der Waals surface area contributed by atoms with E-state index in [-0.39, 0.29) is 23.4 Å². The van der Waals surface area contributed by atoms with Crippen molar-refractivity contribution in [3.8, 4) is 0 Å². The number of carbonyl (C=O) groups excluding carboxylic acids is 1. The fourth-order valence-electron chi connectivity index (χ4n) is 2.98. The second-order valence-corrected chi connectivity index (χ2v) is 5.73. The molecule has 0 aliphatic carbocycles. The van der Waals surface area contributed by atoms with Gasteiger partial charge in [-0.25, -0.2) is 13.8 Å². The standard InChI is InChI=1S/C18H13F2N3O2/c19-10-5-6-11(20)13(9-10)22-18(25)16-15(24)7-8-23-14-4-2-1-3-12(14)21-17(16)23/h1-6,9,24H,7-8H2,(H,22,25). The number of aryl methyl sites for hydroxylation is 1. The molecule has 4 rings (SSSR count). The number of anilines is 1. The molecule has 1 amide bonds. The molecule has 25 heavy (non-hydrogen) atoms. The van der Waals surface area contributed by atoms with Crippen molar-refractivity contribution in [3.05, 3.63) is 65.7 Å². The molecule has 7 heteroatoms. The first-order valence-electron chi connectivity index (χ1n) is 7.69. The number of hydrogen-bond acceptors (Lipinski definition) is 3. The number of rotatable bonds is 2. The number of fused-ring (bicyclic) bond motifs is 3. The van der Waals surface area contributed by atoms with Gasteiger partial charge < -0.3 is 15.0 Å². The quantitative estimate of drug-likeness (QED) is 0.748. The molecule has 0 fully saturated rings. The van der Waals surface area contributed by atoms with Crippen molar-refractivity contribution in [3.63, 3.8) is 0 Å². The Morgan fingerprint density at radius 1 is 1.20 bits per heavy atom. The van der Waals surface area contributed by atoms with Crippen LogP contribution in [0.3, 0.4) is 0 Å². The molecule has 0 saturated heterocycles. The largest absolute Gasteiger partial charge is 0.511 e. The van der Waals surface area contributed by atoms with Crippen LogP contribution in [0.25, 0.3) is 16.6 Å². The van der Waals surface area contributed by atoms with E-state index >= 15 is 0 Å². The summed E-state index contributed by atoms with van der Waals surface area (Å²) in [5.74, 6) is -2.00. The highest BCUT2D eigenvalue weighted by atomic mass is 19.1. The van der Waals surface area contributed by atoms with E-state index in [9.17, 15) is 18.7 Å². The van der Waals surface area contributed by atoms with Crippen LogP contribution in [0, 0.1) is 11.6 Å². The number of carbonyl (C=O) groups is 1. The van der Waals surface area contributed by atoms with Gasteiger partial charge in [0.15, 0.2) is 0 Å². The Hall–Kier alpha value is -3.22. The zero-order valence-corrected chi connectivity index (χ0v) is 13.0. The van der Waals surface area contributed by atoms with Gasteiger partial charge >= 0.3 is 0 Å². The Balaban J connectivity index is 1.77. The monoisotopic (exact) mass is 341 g/mol. The summed E-state index contributed by atoms with van der Waals surface area (Å²) < 4.78 is 28.9. The molecule has 0 bridgehead atoms. The van der Waals surface area contributed by atoms with Crippen molar-refractivity contribution in [2.45, 2.75) is 13.0 Å². The minimum Gasteiger partial charge on any atom is -0.511 e. The van der Waals surface area contributed by atoms with Crippen LogP contribution in [0.2, 0.25) is 0 Å². The fraction of sp³-hybridized carbons (Fsp3) is 0.111. The van der Waals surface area contributed by atoms with E-state index < -0.39 is 17.5 Å². The highest BCUT2D eigenvalue weighted by Gasteiger charge is 2.28. The van der Waals surface area contributed by atoms with Crippen LogP contribution >= 0.6 is 0 Å². The summed E-state index contributed by atoms with van der Waals surface area (Å²) in [6, 6.07) is 10.1. The molecule has 1 aliphatic rings. The lowest BCUT2D eigenvalue weighted by molar-refractivity contribution is -0.111. The molecule has 5 nitrogen and oxygen atoms in total. The van der Waals surface area contributed by atoms with Crippen molar-refractivity contribution >= 4 is 28.2 Å². The van der Waals surface area contributed by atoms with Crippen LogP contribution < -0.4 is 5.32 Å². The van der Waals surface area contributed by atoms with Gasteiger partial charge in [0.25, 0.3) is 5.91 Å². The summed E-state index contributed by atoms with van der Waals surface area (Å²) in [5, 5.41) is 12.5. The molecule has 2 N–H and O–H groups in total. The fourth-order valence-corrected chi connectivity index (χ4v) is 2.98. The van der Waals surface area contributed by atoms with Crippen molar-refractivity contribution < 1.29 is 18.7 Å². The van der Waals surface area contributed by atoms with Gasteiger partial charge in [0.05, 0.1) is 16.7 Å². The van der Waals surface area contributed by atoms with Crippen molar-refractivity contribution in [2.75, 3.05) is 5.32 Å². The molecule has 0 spiro atoms. The normalized spacial score (nSPS) is 13.8. The number of imidazole rings is 1. The maximum atomic E-state index is 13.8. The van der Waals surface area contributed by atoms with Gasteiger partial charge in [-0.1, -0.05) is 12.1 Å². The average molecular weight is 341 g/mol. The Morgan fingerprint density at radius 3 is 2.84 bits per heavy atom. The lowest BCUT2D eigenvalue weighted by Crippen LogP contribution is -2.22. The lowest BCUT2D eigenvalue weighted by Gasteiger charge is -2.18. The number of aliphatic hydroxyl groups is 1. The van der Waals surface area contributed by atoms with Gasteiger partial charge in [0.2, 0.25) is 0 Å². The summed E-state index contributed by atoms with van der Waals surface area (Å²) >= 11 is 0. The van der Waals surface area contributed by atoms with Crippen LogP contribution in [0.1, 0.15) is 12.2 Å². The van der Waals surface area contributed by atoms with Gasteiger partial charge in [-0.2, -0.15) is 0 Å². The summed E-state index contributed by atoms with van der Waals surface area (Å²) in [6.07, 6.45) is 0.252. The van der Waals surface area contributed by atoms with Crippen LogP contribution in [0.5, 0.6) is 0 Å². The summed E-state index contributed by atoms with van der Waals surface area (Å²) in [4.78, 5) is 17.0. The number of aromatic nitrogens is 2. The summed E-state index contributed by atoms with van der Waals surface area (Å²) in [6.45, 7) is 0.479. The first-order valence-corrected chi connectivity index (χ1v) is 7.69. The van der Waals surface area contributed by atoms with E-state index in [0.717, 1.165) is 23.7 Å². The highest BCUT2D eigenvalue weighted by Crippen LogP contribution is 2.30. The number of para-hydroxylation sites is 2. The topological polar surface area (TPSA) is 67.2 Å². The number of benzene rings is 2. The van der Waals surface area contributed by atoms with Crippen LogP contribution in [-0.4, -0.2) is 20.6 Å². The van der Waals surface area contributed by atoms with E-state index in [0.29, 0.717) is 17.9 Å². The first kappa shape index (κ1) is 15.3. The Kier molecular flexibility index (Phi) is 3.49. The number of halogens is 2. The maximum Gasteiger partial charge on any atom is 0.262 e. The van der Waals surface area contributed by atoms with Gasteiger partial charge in [-0.15, -0.1) is 0 Å². The number of amides is 1. The Labute approximate surface area is 141 Å². The van der Waals surface area contributed by atoms with E-state index in [2.05, 4.69) is 10.3 Å². The molecule has 0 unspecified atom stereocenters. The second-order valence-electron chi connectivity index (χ2n) is 5.73. The van der Waals surface area contributed by atoms with E-state index in [1.165, 1.54) is 0 Å². The number of aliphatic hydroxyl groups excluding tert-OH is 1. The number of nitrogens with zero attached hydrogens (tertiary/aromatic N) is 2. The number of allylic oxidation sites excluding steroid dienone is 1. The third kappa shape index (κ3) is 2.53. The number of nitrogens with one attached hydrogen (secondary N) is 1. The molecule has 1 aliphatic heterocycles. The van der Waals surface area contributed by atoms with E-state index in [1.54, 1.807) is 6.07 Å². The summed E-state index contributed by atoms with van der Waals surface area (Å²) in [7, 11) is 0. The van der Waals surface area contributed by atoms with Crippen molar-refractivity contribution in [1.82, 2.24) is 9.55 Å².